The lowest BCUT2D eigenvalue weighted by Gasteiger charge is -2.22. The molecule has 0 radical (unpaired) electrons. The first-order chi connectivity index (χ1) is 18.1. The maximum absolute atomic E-state index is 12.7. The number of carbonyl (C=O) groups excluding carboxylic acids is 1. The average molecular weight is 516 g/mol. The normalized spacial score (nSPS) is 13.9. The number of Topliss-reactive ketones (excluding diaryl/α,β-unsaturated/α-hetero) is 1. The Morgan fingerprint density at radius 2 is 1.68 bits per heavy atom. The van der Waals surface area contributed by atoms with E-state index in [1.54, 1.807) is 0 Å². The Bertz CT molecular complexity index is 1350. The van der Waals surface area contributed by atoms with Crippen molar-refractivity contribution >= 4 is 17.5 Å². The van der Waals surface area contributed by atoms with Crippen molar-refractivity contribution in [1.82, 2.24) is 14.8 Å². The van der Waals surface area contributed by atoms with Gasteiger partial charge in [0.15, 0.2) is 28.3 Å². The van der Waals surface area contributed by atoms with Crippen LogP contribution in [-0.4, -0.2) is 36.5 Å². The number of rotatable bonds is 9. The lowest BCUT2D eigenvalue weighted by atomic mass is 9.84. The summed E-state index contributed by atoms with van der Waals surface area (Å²) in [4.78, 5) is 12.7. The van der Waals surface area contributed by atoms with E-state index >= 15 is 0 Å². The molecule has 0 aliphatic heterocycles. The highest BCUT2D eigenvalue weighted by atomic mass is 32.2. The van der Waals surface area contributed by atoms with E-state index in [1.165, 1.54) is 67.6 Å². The van der Waals surface area contributed by atoms with Crippen LogP contribution in [-0.2, 0) is 6.61 Å². The molecule has 0 atom stereocenters. The van der Waals surface area contributed by atoms with Gasteiger partial charge in [-0.05, 0) is 66.8 Å². The number of hydrogen-bond donors (Lipinski definition) is 2. The van der Waals surface area contributed by atoms with Crippen LogP contribution >= 0.6 is 11.8 Å². The molecule has 7 nitrogen and oxygen atoms in total. The van der Waals surface area contributed by atoms with Gasteiger partial charge < -0.3 is 14.9 Å². The highest BCUT2D eigenvalue weighted by Gasteiger charge is 2.18. The Morgan fingerprint density at radius 1 is 0.919 bits per heavy atom. The van der Waals surface area contributed by atoms with Gasteiger partial charge in [-0.2, -0.15) is 0 Å². The summed E-state index contributed by atoms with van der Waals surface area (Å²) in [7, 11) is 0. The summed E-state index contributed by atoms with van der Waals surface area (Å²) >= 11 is 1.26. The van der Waals surface area contributed by atoms with Crippen molar-refractivity contribution < 1.29 is 19.7 Å². The van der Waals surface area contributed by atoms with Gasteiger partial charge in [0, 0.05) is 11.3 Å². The smallest absolute Gasteiger partial charge is 0.196 e. The molecule has 37 heavy (non-hydrogen) atoms. The largest absolute Gasteiger partial charge is 0.504 e. The number of aromatic nitrogens is 3. The molecule has 0 spiro atoms. The van der Waals surface area contributed by atoms with E-state index in [0.717, 1.165) is 11.4 Å². The third kappa shape index (κ3) is 5.97. The number of ketones is 1. The number of nitrogens with zero attached hydrogens (tertiary/aromatic N) is 3. The third-order valence-electron chi connectivity index (χ3n) is 6.67. The maximum atomic E-state index is 12.7. The predicted octanol–water partition coefficient (Wildman–Crippen LogP) is 6.28. The summed E-state index contributed by atoms with van der Waals surface area (Å²) in [5.74, 6) is 1.36. The van der Waals surface area contributed by atoms with Gasteiger partial charge in [0.05, 0.1) is 5.75 Å². The highest BCUT2D eigenvalue weighted by Crippen LogP contribution is 2.33. The van der Waals surface area contributed by atoms with E-state index in [9.17, 15) is 15.0 Å². The molecular formula is C29H29N3O4S. The lowest BCUT2D eigenvalue weighted by molar-refractivity contribution is 0.102. The molecule has 0 saturated heterocycles. The minimum atomic E-state index is -0.325. The number of para-hydroxylation sites is 1. The topological polar surface area (TPSA) is 97.5 Å². The van der Waals surface area contributed by atoms with E-state index in [0.29, 0.717) is 22.5 Å². The number of ether oxygens (including phenoxy) is 1. The molecule has 5 rings (SSSR count). The molecule has 1 aromatic heterocycles. The zero-order valence-electron chi connectivity index (χ0n) is 20.4. The van der Waals surface area contributed by atoms with Gasteiger partial charge in [-0.15, -0.1) is 10.2 Å². The van der Waals surface area contributed by atoms with Gasteiger partial charge in [0.1, 0.15) is 12.4 Å². The first-order valence-corrected chi connectivity index (χ1v) is 13.5. The van der Waals surface area contributed by atoms with Crippen molar-refractivity contribution in [2.24, 2.45) is 0 Å². The Labute approximate surface area is 220 Å². The number of phenolic OH excluding ortho intramolecular Hbond substituents is 2. The monoisotopic (exact) mass is 515 g/mol. The Balaban J connectivity index is 1.29. The van der Waals surface area contributed by atoms with E-state index in [2.05, 4.69) is 22.3 Å². The molecule has 0 unspecified atom stereocenters. The Morgan fingerprint density at radius 3 is 2.41 bits per heavy atom. The second kappa shape index (κ2) is 11.5. The number of thioether (sulfide) groups is 1. The summed E-state index contributed by atoms with van der Waals surface area (Å²) in [6.45, 7) is 0.227. The molecule has 1 aliphatic rings. The first kappa shape index (κ1) is 24.9. The summed E-state index contributed by atoms with van der Waals surface area (Å²) in [5.41, 5.74) is 2.56. The van der Waals surface area contributed by atoms with Crippen LogP contribution in [0.15, 0.2) is 78.0 Å². The number of aromatic hydroxyl groups is 2. The van der Waals surface area contributed by atoms with Crippen molar-refractivity contribution in [3.8, 4) is 22.9 Å². The number of carbonyl (C=O) groups is 1. The Hall–Kier alpha value is -3.78. The second-order valence-corrected chi connectivity index (χ2v) is 10.1. The Kier molecular flexibility index (Phi) is 7.75. The fourth-order valence-corrected chi connectivity index (χ4v) is 5.52. The first-order valence-electron chi connectivity index (χ1n) is 12.5. The molecule has 1 fully saturated rings. The molecule has 1 saturated carbocycles. The number of benzene rings is 3. The number of hydrogen-bond acceptors (Lipinski definition) is 7. The average Bonchev–Trinajstić information content (AvgIpc) is 3.36. The van der Waals surface area contributed by atoms with Gasteiger partial charge in [-0.1, -0.05) is 61.4 Å². The van der Waals surface area contributed by atoms with Crippen molar-refractivity contribution in [2.45, 2.75) is 49.8 Å². The van der Waals surface area contributed by atoms with Gasteiger partial charge in [0.2, 0.25) is 0 Å². The van der Waals surface area contributed by atoms with Gasteiger partial charge in [-0.25, -0.2) is 0 Å². The zero-order chi connectivity index (χ0) is 25.6. The summed E-state index contributed by atoms with van der Waals surface area (Å²) in [6.07, 6.45) is 6.48. The van der Waals surface area contributed by atoms with Crippen LogP contribution in [0, 0.1) is 0 Å². The zero-order valence-corrected chi connectivity index (χ0v) is 21.2. The minimum Gasteiger partial charge on any atom is -0.504 e. The third-order valence-corrected chi connectivity index (χ3v) is 7.60. The molecule has 190 valence electrons. The van der Waals surface area contributed by atoms with E-state index in [1.807, 2.05) is 47.0 Å². The molecule has 8 heteroatoms. The lowest BCUT2D eigenvalue weighted by Crippen LogP contribution is -2.08. The molecule has 1 aliphatic carbocycles. The van der Waals surface area contributed by atoms with E-state index in [4.69, 9.17) is 4.74 Å². The van der Waals surface area contributed by atoms with Crippen molar-refractivity contribution in [3.05, 3.63) is 89.7 Å². The predicted molar refractivity (Wildman–Crippen MR) is 143 cm³/mol. The molecule has 0 bridgehead atoms. The van der Waals surface area contributed by atoms with Crippen LogP contribution in [0.4, 0.5) is 0 Å². The van der Waals surface area contributed by atoms with Crippen LogP contribution in [0.25, 0.3) is 5.69 Å². The summed E-state index contributed by atoms with van der Waals surface area (Å²) in [5, 5.41) is 28.5. The van der Waals surface area contributed by atoms with E-state index in [-0.39, 0.29) is 29.6 Å². The van der Waals surface area contributed by atoms with Crippen LogP contribution < -0.4 is 4.74 Å². The second-order valence-electron chi connectivity index (χ2n) is 9.18. The fourth-order valence-electron chi connectivity index (χ4n) is 4.65. The van der Waals surface area contributed by atoms with E-state index < -0.39 is 0 Å². The standard InChI is InChI=1S/C29H29N3O4S/c33-25-16-13-22(17-26(25)34)27(35)19-37-29-31-30-28(32(29)23-9-5-2-6-10-23)18-36-24-14-11-21(12-15-24)20-7-3-1-4-8-20/h2,5-6,9-17,20,33-34H,1,3-4,7-8,18-19H2. The van der Waals surface area contributed by atoms with Gasteiger partial charge in [-0.3, -0.25) is 9.36 Å². The van der Waals surface area contributed by atoms with Crippen LogP contribution in [0.5, 0.6) is 17.2 Å². The molecular weight excluding hydrogens is 486 g/mol. The van der Waals surface area contributed by atoms with Crippen molar-refractivity contribution in [2.75, 3.05) is 5.75 Å². The SMILES string of the molecule is O=C(CSc1nnc(COc2ccc(C3CCCCC3)cc2)n1-c1ccccc1)c1ccc(O)c(O)c1. The molecule has 0 amide bonds. The van der Waals surface area contributed by atoms with Crippen molar-refractivity contribution in [3.63, 3.8) is 0 Å². The quantitative estimate of drug-likeness (QED) is 0.154. The van der Waals surface area contributed by atoms with Gasteiger partial charge >= 0.3 is 0 Å². The highest BCUT2D eigenvalue weighted by molar-refractivity contribution is 7.99. The molecule has 2 N–H and O–H groups in total. The molecule has 4 aromatic rings. The summed E-state index contributed by atoms with van der Waals surface area (Å²) < 4.78 is 7.97. The summed E-state index contributed by atoms with van der Waals surface area (Å²) in [6, 6.07) is 22.1. The minimum absolute atomic E-state index is 0.0959. The molecule has 3 aromatic carbocycles. The van der Waals surface area contributed by atoms with Crippen LogP contribution in [0.1, 0.15) is 59.8 Å². The fraction of sp³-hybridized carbons (Fsp3) is 0.276. The van der Waals surface area contributed by atoms with Crippen LogP contribution in [0.3, 0.4) is 0 Å². The van der Waals surface area contributed by atoms with Crippen LogP contribution in [0.2, 0.25) is 0 Å². The van der Waals surface area contributed by atoms with Crippen molar-refractivity contribution in [1.29, 1.82) is 0 Å². The molecule has 1 heterocycles. The van der Waals surface area contributed by atoms with Gasteiger partial charge in [0.25, 0.3) is 0 Å². The maximum Gasteiger partial charge on any atom is 0.196 e. The number of phenols is 2.